The van der Waals surface area contributed by atoms with Crippen LogP contribution in [0, 0.1) is 0 Å². The van der Waals surface area contributed by atoms with Gasteiger partial charge in [0.1, 0.15) is 19.3 Å². The number of para-hydroxylation sites is 1. The van der Waals surface area contributed by atoms with Crippen LogP contribution in [0.2, 0.25) is 0 Å². The summed E-state index contributed by atoms with van der Waals surface area (Å²) in [4.78, 5) is 2.37. The fourth-order valence-electron chi connectivity index (χ4n) is 3.71. The first-order chi connectivity index (χ1) is 14.5. The normalized spacial score (nSPS) is 23.4. The Morgan fingerprint density at radius 1 is 1.17 bits per heavy atom. The highest BCUT2D eigenvalue weighted by Gasteiger charge is 2.25. The summed E-state index contributed by atoms with van der Waals surface area (Å²) in [5, 5.41) is 1.39. The summed E-state index contributed by atoms with van der Waals surface area (Å²) >= 11 is 0. The molecule has 1 aromatic carbocycles. The zero-order chi connectivity index (χ0) is 21.0. The molecule has 1 atom stereocenters. The smallest absolute Gasteiger partial charge is 0.280 e. The van der Waals surface area contributed by atoms with Gasteiger partial charge in [-0.3, -0.25) is 4.90 Å². The van der Waals surface area contributed by atoms with Crippen LogP contribution in [0.3, 0.4) is 0 Å². The molecular weight excluding hydrogens is 412 g/mol. The molecule has 0 radical (unpaired) electrons. The number of hydrogen-bond donors (Lipinski definition) is 0. The topological polar surface area (TPSA) is 86.8 Å². The monoisotopic (exact) mass is 440 g/mol. The van der Waals surface area contributed by atoms with E-state index in [0.717, 1.165) is 50.4 Å². The summed E-state index contributed by atoms with van der Waals surface area (Å²) < 4.78 is 50.7. The Bertz CT molecular complexity index is 868. The highest BCUT2D eigenvalue weighted by atomic mass is 32.2. The molecule has 30 heavy (non-hydrogen) atoms. The third kappa shape index (κ3) is 5.93. The number of morpholine rings is 2. The van der Waals surface area contributed by atoms with Gasteiger partial charge in [0.25, 0.3) is 10.1 Å². The maximum Gasteiger partial charge on any atom is 0.280 e. The fraction of sp³-hybridized carbons (Fsp3) is 0.600. The molecule has 10 heteroatoms. The van der Waals surface area contributed by atoms with Crippen molar-refractivity contribution in [1.82, 2.24) is 9.96 Å². The molecular formula is C20H28N2O7S. The number of ether oxygens (including phenoxy) is 4. The molecule has 3 heterocycles. The van der Waals surface area contributed by atoms with Crippen LogP contribution in [0.5, 0.6) is 11.5 Å². The Morgan fingerprint density at radius 3 is 2.80 bits per heavy atom. The van der Waals surface area contributed by atoms with Crippen LogP contribution >= 0.6 is 0 Å². The lowest BCUT2D eigenvalue weighted by molar-refractivity contribution is -0.150. The zero-order valence-electron chi connectivity index (χ0n) is 17.1. The van der Waals surface area contributed by atoms with Crippen LogP contribution in [0.4, 0.5) is 0 Å². The lowest BCUT2D eigenvalue weighted by atomic mass is 10.1. The molecule has 0 saturated carbocycles. The van der Waals surface area contributed by atoms with Crippen LogP contribution in [0.25, 0.3) is 6.08 Å². The molecule has 0 amide bonds. The molecule has 3 aliphatic rings. The minimum atomic E-state index is -3.55. The average Bonchev–Trinajstić information content (AvgIpc) is 2.72. The first-order valence-electron chi connectivity index (χ1n) is 10.1. The Hall–Kier alpha value is -1.69. The number of hydrogen-bond acceptors (Lipinski definition) is 9. The molecule has 0 aromatic heterocycles. The highest BCUT2D eigenvalue weighted by Crippen LogP contribution is 2.36. The minimum absolute atomic E-state index is 0.272. The molecule has 0 bridgehead atoms. The maximum atomic E-state index is 11.3. The van der Waals surface area contributed by atoms with Gasteiger partial charge in [-0.05, 0) is 17.7 Å². The number of nitrogens with zero attached hydrogens (tertiary/aromatic N) is 2. The largest absolute Gasteiger partial charge is 0.487 e. The Morgan fingerprint density at radius 2 is 2.00 bits per heavy atom. The van der Waals surface area contributed by atoms with Crippen molar-refractivity contribution in [2.24, 2.45) is 0 Å². The van der Waals surface area contributed by atoms with Crippen LogP contribution in [-0.2, 0) is 23.9 Å². The third-order valence-corrected chi connectivity index (χ3v) is 5.55. The SMILES string of the molecule is CS(=O)(=O)ON1CCO[C@@H](COc2cccc3c2OCC(CN2CCOCC2)=C3)C1. The first kappa shape index (κ1) is 21.5. The number of hydroxylamine groups is 2. The van der Waals surface area contributed by atoms with Gasteiger partial charge in [0.15, 0.2) is 11.5 Å². The maximum absolute atomic E-state index is 11.3. The lowest BCUT2D eigenvalue weighted by Crippen LogP contribution is -2.45. The quantitative estimate of drug-likeness (QED) is 0.610. The van der Waals surface area contributed by atoms with E-state index in [1.165, 1.54) is 10.6 Å². The molecule has 3 aliphatic heterocycles. The van der Waals surface area contributed by atoms with Gasteiger partial charge in [-0.15, -0.1) is 0 Å². The van der Waals surface area contributed by atoms with E-state index in [-0.39, 0.29) is 12.7 Å². The van der Waals surface area contributed by atoms with Crippen LogP contribution in [0.15, 0.2) is 23.8 Å². The first-order valence-corrected chi connectivity index (χ1v) is 11.9. The summed E-state index contributed by atoms with van der Waals surface area (Å²) in [5.74, 6) is 1.38. The predicted molar refractivity (Wildman–Crippen MR) is 110 cm³/mol. The van der Waals surface area contributed by atoms with Gasteiger partial charge in [0.2, 0.25) is 0 Å². The number of fused-ring (bicyclic) bond motifs is 1. The second-order valence-corrected chi connectivity index (χ2v) is 9.18. The van der Waals surface area contributed by atoms with Gasteiger partial charge in [0, 0.05) is 31.7 Å². The Labute approximate surface area is 177 Å². The number of rotatable bonds is 7. The second-order valence-electron chi connectivity index (χ2n) is 7.62. The standard InChI is InChI=1S/C20H28N2O7S/c1-30(23,24)29-22-7-10-26-18(13-22)15-27-19-4-2-3-17-11-16(14-28-20(17)19)12-21-5-8-25-9-6-21/h2-4,11,18H,5-10,12-15H2,1H3/t18-/m1/s1. The Balaban J connectivity index is 1.35. The average molecular weight is 441 g/mol. The van der Waals surface area contributed by atoms with E-state index in [1.807, 2.05) is 18.2 Å². The van der Waals surface area contributed by atoms with E-state index < -0.39 is 10.1 Å². The van der Waals surface area contributed by atoms with Crippen molar-refractivity contribution in [2.45, 2.75) is 6.10 Å². The van der Waals surface area contributed by atoms with Crippen molar-refractivity contribution in [2.75, 3.05) is 72.0 Å². The summed E-state index contributed by atoms with van der Waals surface area (Å²) in [7, 11) is -3.55. The molecule has 0 N–H and O–H groups in total. The van der Waals surface area contributed by atoms with Crippen molar-refractivity contribution in [3.05, 3.63) is 29.3 Å². The van der Waals surface area contributed by atoms with Crippen molar-refractivity contribution in [1.29, 1.82) is 0 Å². The van der Waals surface area contributed by atoms with Crippen molar-refractivity contribution in [3.8, 4) is 11.5 Å². The molecule has 166 valence electrons. The van der Waals surface area contributed by atoms with Gasteiger partial charge in [-0.25, -0.2) is 0 Å². The van der Waals surface area contributed by atoms with Gasteiger partial charge in [-0.2, -0.15) is 17.8 Å². The van der Waals surface area contributed by atoms with Crippen molar-refractivity contribution in [3.63, 3.8) is 0 Å². The Kier molecular flexibility index (Phi) is 6.91. The van der Waals surface area contributed by atoms with Crippen LogP contribution < -0.4 is 9.47 Å². The lowest BCUT2D eigenvalue weighted by Gasteiger charge is -2.31. The predicted octanol–water partition coefficient (Wildman–Crippen LogP) is 0.765. The summed E-state index contributed by atoms with van der Waals surface area (Å²) in [6, 6.07) is 5.82. The van der Waals surface area contributed by atoms with E-state index in [9.17, 15) is 8.42 Å². The van der Waals surface area contributed by atoms with Crippen molar-refractivity contribution < 1.29 is 31.6 Å². The molecule has 2 fully saturated rings. The van der Waals surface area contributed by atoms with Gasteiger partial charge < -0.3 is 18.9 Å². The minimum Gasteiger partial charge on any atom is -0.487 e. The van der Waals surface area contributed by atoms with Gasteiger partial charge >= 0.3 is 0 Å². The van der Waals surface area contributed by atoms with E-state index in [0.29, 0.717) is 32.1 Å². The summed E-state index contributed by atoms with van der Waals surface area (Å²) in [5.41, 5.74) is 2.22. The van der Waals surface area contributed by atoms with Crippen LogP contribution in [-0.4, -0.2) is 96.5 Å². The molecule has 0 spiro atoms. The van der Waals surface area contributed by atoms with E-state index in [1.54, 1.807) is 0 Å². The van der Waals surface area contributed by atoms with E-state index in [4.69, 9.17) is 23.2 Å². The summed E-state index contributed by atoms with van der Waals surface area (Å²) in [6.07, 6.45) is 2.90. The highest BCUT2D eigenvalue weighted by molar-refractivity contribution is 7.85. The molecule has 9 nitrogen and oxygen atoms in total. The third-order valence-electron chi connectivity index (χ3n) is 5.07. The number of benzene rings is 1. The molecule has 2 saturated heterocycles. The zero-order valence-corrected chi connectivity index (χ0v) is 17.9. The molecule has 0 unspecified atom stereocenters. The second kappa shape index (κ2) is 9.63. The van der Waals surface area contributed by atoms with E-state index in [2.05, 4.69) is 11.0 Å². The fourth-order valence-corrected chi connectivity index (χ4v) is 4.23. The van der Waals surface area contributed by atoms with E-state index >= 15 is 0 Å². The van der Waals surface area contributed by atoms with Crippen LogP contribution in [0.1, 0.15) is 5.56 Å². The summed E-state index contributed by atoms with van der Waals surface area (Å²) in [6.45, 7) is 6.19. The molecule has 0 aliphatic carbocycles. The molecule has 1 aromatic rings. The van der Waals surface area contributed by atoms with Gasteiger partial charge in [0.05, 0.1) is 32.6 Å². The molecule has 4 rings (SSSR count). The van der Waals surface area contributed by atoms with Crippen molar-refractivity contribution >= 4 is 16.2 Å². The van der Waals surface area contributed by atoms with Gasteiger partial charge in [-0.1, -0.05) is 12.1 Å².